The lowest BCUT2D eigenvalue weighted by atomic mass is 9.89. The lowest BCUT2D eigenvalue weighted by Crippen LogP contribution is -2.06. The molecule has 1 heterocycles. The Balaban J connectivity index is 1.74. The number of phenolic OH excluding ortho intramolecular Hbond substituents is 1. The van der Waals surface area contributed by atoms with Crippen molar-refractivity contribution in [3.63, 3.8) is 0 Å². The van der Waals surface area contributed by atoms with Crippen LogP contribution < -0.4 is 5.43 Å². The Morgan fingerprint density at radius 2 is 1.49 bits per heavy atom. The quantitative estimate of drug-likeness (QED) is 0.177. The summed E-state index contributed by atoms with van der Waals surface area (Å²) >= 11 is 0. The number of benzene rings is 5. The fraction of sp³-hybridized carbons (Fsp3) is 0.0323. The second kappa shape index (κ2) is 7.96. The second-order valence-electron chi connectivity index (χ2n) is 8.60. The van der Waals surface area contributed by atoms with Gasteiger partial charge < -0.3 is 9.52 Å². The first-order chi connectivity index (χ1) is 17.0. The highest BCUT2D eigenvalue weighted by atomic mass is 16.3. The smallest absolute Gasteiger partial charge is 0.201 e. The minimum Gasteiger partial charge on any atom is -0.507 e. The first-order valence-corrected chi connectivity index (χ1v) is 11.3. The zero-order valence-corrected chi connectivity index (χ0v) is 18.9. The molecule has 5 aromatic carbocycles. The van der Waals surface area contributed by atoms with Gasteiger partial charge in [0.2, 0.25) is 5.43 Å². The van der Waals surface area contributed by atoms with Crippen molar-refractivity contribution < 1.29 is 14.3 Å². The third kappa shape index (κ3) is 3.22. The summed E-state index contributed by atoms with van der Waals surface area (Å²) in [5.74, 6) is -0.346. The van der Waals surface area contributed by atoms with E-state index in [2.05, 4.69) is 0 Å². The number of rotatable bonds is 3. The summed E-state index contributed by atoms with van der Waals surface area (Å²) in [7, 11) is 0. The van der Waals surface area contributed by atoms with E-state index in [1.54, 1.807) is 48.5 Å². The van der Waals surface area contributed by atoms with Gasteiger partial charge in [0.05, 0.1) is 16.3 Å². The number of fused-ring (bicyclic) bond motifs is 4. The van der Waals surface area contributed by atoms with Gasteiger partial charge in [-0.15, -0.1) is 0 Å². The second-order valence-corrected chi connectivity index (χ2v) is 8.60. The van der Waals surface area contributed by atoms with E-state index in [1.807, 2.05) is 49.4 Å². The van der Waals surface area contributed by atoms with Crippen molar-refractivity contribution in [2.24, 2.45) is 0 Å². The van der Waals surface area contributed by atoms with Crippen molar-refractivity contribution in [2.45, 2.75) is 6.92 Å². The predicted molar refractivity (Wildman–Crippen MR) is 139 cm³/mol. The lowest BCUT2D eigenvalue weighted by Gasteiger charge is -2.15. The van der Waals surface area contributed by atoms with Crippen molar-refractivity contribution in [1.82, 2.24) is 0 Å². The molecule has 0 amide bonds. The molecule has 0 atom stereocenters. The number of aryl methyl sites for hydroxylation is 1. The van der Waals surface area contributed by atoms with Gasteiger partial charge in [-0.2, -0.15) is 0 Å². The summed E-state index contributed by atoms with van der Waals surface area (Å²) in [5.41, 5.74) is 4.28. The normalized spacial score (nSPS) is 11.3. The van der Waals surface area contributed by atoms with Crippen LogP contribution in [-0.2, 0) is 0 Å². The van der Waals surface area contributed by atoms with Gasteiger partial charge in [-0.05, 0) is 59.2 Å². The molecule has 168 valence electrons. The van der Waals surface area contributed by atoms with Crippen LogP contribution >= 0.6 is 0 Å². The molecule has 0 radical (unpaired) electrons. The van der Waals surface area contributed by atoms with E-state index in [0.29, 0.717) is 27.5 Å². The number of hydrogen-bond donors (Lipinski definition) is 1. The van der Waals surface area contributed by atoms with Crippen LogP contribution in [0.1, 0.15) is 21.5 Å². The highest BCUT2D eigenvalue weighted by molar-refractivity contribution is 6.18. The first kappa shape index (κ1) is 20.9. The molecule has 6 aromatic rings. The van der Waals surface area contributed by atoms with E-state index in [-0.39, 0.29) is 22.5 Å². The van der Waals surface area contributed by atoms with Gasteiger partial charge in [0.15, 0.2) is 5.78 Å². The van der Waals surface area contributed by atoms with E-state index in [0.717, 1.165) is 27.5 Å². The Morgan fingerprint density at radius 1 is 0.771 bits per heavy atom. The Labute approximate surface area is 200 Å². The standard InChI is InChI=1S/C31H20O4/c1-18-24-17-20(29(33)22-11-5-7-13-25(22)32)15-16-21(24)28-30(34)23-12-6-8-14-26(23)35-31(28)27(18)19-9-3-2-4-10-19/h2-17,32H,1H3. The number of carbonyl (C=O) groups is 1. The molecule has 0 saturated carbocycles. The zero-order chi connectivity index (χ0) is 24.1. The molecule has 0 unspecified atom stereocenters. The maximum atomic E-state index is 13.7. The number of hydrogen-bond acceptors (Lipinski definition) is 4. The van der Waals surface area contributed by atoms with Crippen LogP contribution in [0.4, 0.5) is 0 Å². The van der Waals surface area contributed by atoms with Crippen LogP contribution in [0, 0.1) is 6.92 Å². The maximum absolute atomic E-state index is 13.7. The summed E-state index contributed by atoms with van der Waals surface area (Å²) in [4.78, 5) is 27.0. The number of phenols is 1. The van der Waals surface area contributed by atoms with Gasteiger partial charge in [0.25, 0.3) is 0 Å². The van der Waals surface area contributed by atoms with Gasteiger partial charge in [-0.3, -0.25) is 9.59 Å². The Bertz CT molecular complexity index is 1850. The first-order valence-electron chi connectivity index (χ1n) is 11.3. The Hall–Kier alpha value is -4.70. The van der Waals surface area contributed by atoms with Crippen LogP contribution in [0.5, 0.6) is 5.75 Å². The highest BCUT2D eigenvalue weighted by Crippen LogP contribution is 2.39. The molecule has 35 heavy (non-hydrogen) atoms. The van der Waals surface area contributed by atoms with Crippen molar-refractivity contribution in [3.05, 3.63) is 124 Å². The topological polar surface area (TPSA) is 67.5 Å². The van der Waals surface area contributed by atoms with Crippen LogP contribution in [0.25, 0.3) is 43.8 Å². The largest absolute Gasteiger partial charge is 0.507 e. The van der Waals surface area contributed by atoms with Gasteiger partial charge in [-0.25, -0.2) is 0 Å². The summed E-state index contributed by atoms with van der Waals surface area (Å²) < 4.78 is 6.36. The van der Waals surface area contributed by atoms with Crippen molar-refractivity contribution in [2.75, 3.05) is 0 Å². The van der Waals surface area contributed by atoms with E-state index in [1.165, 1.54) is 6.07 Å². The van der Waals surface area contributed by atoms with E-state index >= 15 is 0 Å². The Kier molecular flexibility index (Phi) is 4.75. The fourth-order valence-electron chi connectivity index (χ4n) is 4.85. The molecule has 0 fully saturated rings. The molecular formula is C31H20O4. The van der Waals surface area contributed by atoms with Crippen molar-refractivity contribution >= 4 is 38.5 Å². The fourth-order valence-corrected chi connectivity index (χ4v) is 4.85. The maximum Gasteiger partial charge on any atom is 0.201 e. The molecule has 0 saturated heterocycles. The third-order valence-corrected chi connectivity index (χ3v) is 6.57. The molecule has 0 aliphatic heterocycles. The minimum absolute atomic E-state index is 0.0649. The number of aromatic hydroxyl groups is 1. The molecular weight excluding hydrogens is 436 g/mol. The van der Waals surface area contributed by atoms with E-state index in [4.69, 9.17) is 4.42 Å². The average molecular weight is 456 g/mol. The molecule has 4 nitrogen and oxygen atoms in total. The Morgan fingerprint density at radius 3 is 2.29 bits per heavy atom. The van der Waals surface area contributed by atoms with Gasteiger partial charge in [0, 0.05) is 11.1 Å². The molecule has 0 aliphatic rings. The minimum atomic E-state index is -0.281. The number of para-hydroxylation sites is 2. The van der Waals surface area contributed by atoms with Crippen LogP contribution in [-0.4, -0.2) is 10.9 Å². The van der Waals surface area contributed by atoms with Crippen molar-refractivity contribution in [1.29, 1.82) is 0 Å². The highest BCUT2D eigenvalue weighted by Gasteiger charge is 2.21. The van der Waals surface area contributed by atoms with Gasteiger partial charge in [0.1, 0.15) is 16.9 Å². The van der Waals surface area contributed by atoms with Gasteiger partial charge in [-0.1, -0.05) is 66.7 Å². The number of ketones is 1. The predicted octanol–water partition coefficient (Wildman–Crippen LogP) is 7.01. The van der Waals surface area contributed by atoms with Crippen molar-refractivity contribution in [3.8, 4) is 16.9 Å². The van der Waals surface area contributed by atoms with E-state index < -0.39 is 0 Å². The molecule has 1 aromatic heterocycles. The molecule has 0 aliphatic carbocycles. The van der Waals surface area contributed by atoms with Crippen LogP contribution in [0.2, 0.25) is 0 Å². The average Bonchev–Trinajstić information content (AvgIpc) is 2.89. The lowest BCUT2D eigenvalue weighted by molar-refractivity contribution is 0.103. The molecule has 4 heteroatoms. The molecule has 0 spiro atoms. The molecule has 1 N–H and O–H groups in total. The summed E-state index contributed by atoms with van der Waals surface area (Å²) in [6.45, 7) is 1.98. The third-order valence-electron chi connectivity index (χ3n) is 6.57. The monoisotopic (exact) mass is 456 g/mol. The molecule has 0 bridgehead atoms. The summed E-state index contributed by atoms with van der Waals surface area (Å²) in [6, 6.07) is 28.9. The zero-order valence-electron chi connectivity index (χ0n) is 18.9. The SMILES string of the molecule is Cc1c(-c2ccccc2)c2oc3ccccc3c(=O)c2c2ccc(C(=O)c3ccccc3O)cc12. The van der Waals surface area contributed by atoms with Gasteiger partial charge >= 0.3 is 0 Å². The van der Waals surface area contributed by atoms with Crippen LogP contribution in [0.3, 0.4) is 0 Å². The van der Waals surface area contributed by atoms with E-state index in [9.17, 15) is 14.7 Å². The molecule has 6 rings (SSSR count). The number of carbonyl (C=O) groups excluding carboxylic acids is 1. The van der Waals surface area contributed by atoms with Crippen LogP contribution in [0.15, 0.2) is 106 Å². The summed E-state index contributed by atoms with van der Waals surface area (Å²) in [6.07, 6.45) is 0. The summed E-state index contributed by atoms with van der Waals surface area (Å²) in [5, 5.41) is 12.7.